The summed E-state index contributed by atoms with van der Waals surface area (Å²) in [5.41, 5.74) is 0.728. The van der Waals surface area contributed by atoms with Crippen LogP contribution in [0.25, 0.3) is 0 Å². The third-order valence-corrected chi connectivity index (χ3v) is 4.02. The number of ether oxygens (including phenoxy) is 1. The first-order valence-electron chi connectivity index (χ1n) is 6.48. The molecule has 20 heavy (non-hydrogen) atoms. The molecule has 5 nitrogen and oxygen atoms in total. The number of hydrogen-bond acceptors (Lipinski definition) is 4. The number of hydrogen-bond donors (Lipinski definition) is 1. The van der Waals surface area contributed by atoms with Crippen LogP contribution in [0.4, 0.5) is 5.69 Å². The number of esters is 1. The lowest BCUT2D eigenvalue weighted by atomic mass is 10.2. The molecule has 1 atom stereocenters. The molecule has 1 N–H and O–H groups in total. The van der Waals surface area contributed by atoms with Crippen molar-refractivity contribution in [1.29, 1.82) is 0 Å². The molecule has 1 amide bonds. The number of carbonyl (C=O) groups is 2. The van der Waals surface area contributed by atoms with E-state index in [-0.39, 0.29) is 24.5 Å². The molecule has 108 valence electrons. The summed E-state index contributed by atoms with van der Waals surface area (Å²) >= 11 is 3.38. The van der Waals surface area contributed by atoms with E-state index in [1.807, 2.05) is 29.2 Å². The van der Waals surface area contributed by atoms with Crippen molar-refractivity contribution in [2.24, 2.45) is 0 Å². The first kappa shape index (κ1) is 15.0. The third-order valence-electron chi connectivity index (χ3n) is 3.33. The summed E-state index contributed by atoms with van der Waals surface area (Å²) in [7, 11) is 1.37. The standard InChI is InChI=1S/C14H17BrN2O3/c1-20-14(19)12-7-4-8-17(12)9-13(18)16-11-6-3-2-5-10(11)15/h2-3,5-6,12H,4,7-9H2,1H3,(H,16,18). The van der Waals surface area contributed by atoms with Gasteiger partial charge in [0.15, 0.2) is 0 Å². The van der Waals surface area contributed by atoms with Crippen LogP contribution in [-0.4, -0.2) is 43.0 Å². The molecule has 0 aromatic heterocycles. The van der Waals surface area contributed by atoms with Crippen molar-refractivity contribution >= 4 is 33.5 Å². The second kappa shape index (κ2) is 6.85. The van der Waals surface area contributed by atoms with Gasteiger partial charge in [0.05, 0.1) is 19.3 Å². The Labute approximate surface area is 126 Å². The van der Waals surface area contributed by atoms with Gasteiger partial charge in [0.1, 0.15) is 6.04 Å². The monoisotopic (exact) mass is 340 g/mol. The average Bonchev–Trinajstić information content (AvgIpc) is 2.88. The number of benzene rings is 1. The summed E-state index contributed by atoms with van der Waals surface area (Å²) < 4.78 is 5.60. The molecule has 1 aromatic carbocycles. The number of halogens is 1. The molecule has 1 fully saturated rings. The fourth-order valence-electron chi connectivity index (χ4n) is 2.36. The maximum atomic E-state index is 12.1. The fraction of sp³-hybridized carbons (Fsp3) is 0.429. The van der Waals surface area contributed by atoms with Gasteiger partial charge in [-0.05, 0) is 47.4 Å². The van der Waals surface area contributed by atoms with Crippen molar-refractivity contribution in [2.45, 2.75) is 18.9 Å². The van der Waals surface area contributed by atoms with Crippen LogP contribution in [0, 0.1) is 0 Å². The van der Waals surface area contributed by atoms with E-state index in [4.69, 9.17) is 4.74 Å². The number of rotatable bonds is 4. The quantitative estimate of drug-likeness (QED) is 0.852. The van der Waals surface area contributed by atoms with E-state index in [0.717, 1.165) is 29.5 Å². The minimum atomic E-state index is -0.301. The highest BCUT2D eigenvalue weighted by Crippen LogP contribution is 2.22. The first-order valence-corrected chi connectivity index (χ1v) is 7.27. The molecule has 1 aliphatic heterocycles. The van der Waals surface area contributed by atoms with Crippen LogP contribution >= 0.6 is 15.9 Å². The summed E-state index contributed by atoms with van der Waals surface area (Å²) in [6, 6.07) is 7.12. The Hall–Kier alpha value is -1.40. The molecule has 2 rings (SSSR count). The molecule has 0 spiro atoms. The molecular formula is C14H17BrN2O3. The van der Waals surface area contributed by atoms with Crippen molar-refractivity contribution in [3.63, 3.8) is 0 Å². The van der Waals surface area contributed by atoms with Gasteiger partial charge >= 0.3 is 5.97 Å². The lowest BCUT2D eigenvalue weighted by Gasteiger charge is -2.21. The summed E-state index contributed by atoms with van der Waals surface area (Å²) in [5.74, 6) is -0.399. The highest BCUT2D eigenvalue weighted by atomic mass is 79.9. The number of amides is 1. The van der Waals surface area contributed by atoms with Crippen LogP contribution in [0.3, 0.4) is 0 Å². The highest BCUT2D eigenvalue weighted by molar-refractivity contribution is 9.10. The van der Waals surface area contributed by atoms with Crippen LogP contribution in [0.5, 0.6) is 0 Å². The zero-order valence-electron chi connectivity index (χ0n) is 11.3. The van der Waals surface area contributed by atoms with Crippen LogP contribution < -0.4 is 5.32 Å². The molecule has 1 unspecified atom stereocenters. The Bertz CT molecular complexity index is 507. The summed E-state index contributed by atoms with van der Waals surface area (Å²) in [4.78, 5) is 25.5. The minimum absolute atomic E-state index is 0.132. The summed E-state index contributed by atoms with van der Waals surface area (Å²) in [6.07, 6.45) is 1.65. The van der Waals surface area contributed by atoms with Gasteiger partial charge in [-0.1, -0.05) is 12.1 Å². The third kappa shape index (κ3) is 3.58. The Kier molecular flexibility index (Phi) is 5.14. The van der Waals surface area contributed by atoms with E-state index in [1.54, 1.807) is 0 Å². The van der Waals surface area contributed by atoms with Gasteiger partial charge in [0.25, 0.3) is 0 Å². The van der Waals surface area contributed by atoms with Gasteiger partial charge in [-0.2, -0.15) is 0 Å². The van der Waals surface area contributed by atoms with Crippen LogP contribution in [0.15, 0.2) is 28.7 Å². The molecule has 0 bridgehead atoms. The number of nitrogens with one attached hydrogen (secondary N) is 1. The molecule has 1 aromatic rings. The molecule has 6 heteroatoms. The Morgan fingerprint density at radius 1 is 1.45 bits per heavy atom. The average molecular weight is 341 g/mol. The van der Waals surface area contributed by atoms with Crippen LogP contribution in [-0.2, 0) is 14.3 Å². The number of likely N-dealkylation sites (tertiary alicyclic amines) is 1. The lowest BCUT2D eigenvalue weighted by Crippen LogP contribution is -2.41. The maximum absolute atomic E-state index is 12.1. The van der Waals surface area contributed by atoms with E-state index in [0.29, 0.717) is 0 Å². The number of carbonyl (C=O) groups excluding carboxylic acids is 2. The molecule has 0 radical (unpaired) electrons. The van der Waals surface area contributed by atoms with Gasteiger partial charge < -0.3 is 10.1 Å². The topological polar surface area (TPSA) is 58.6 Å². The molecular weight excluding hydrogens is 324 g/mol. The Morgan fingerprint density at radius 2 is 2.20 bits per heavy atom. The molecule has 1 heterocycles. The van der Waals surface area contributed by atoms with E-state index in [1.165, 1.54) is 7.11 Å². The fourth-order valence-corrected chi connectivity index (χ4v) is 2.74. The van der Waals surface area contributed by atoms with Crippen molar-refractivity contribution in [3.8, 4) is 0 Å². The predicted molar refractivity (Wildman–Crippen MR) is 79.4 cm³/mol. The summed E-state index contributed by atoms with van der Waals surface area (Å²) in [6.45, 7) is 0.935. The predicted octanol–water partition coefficient (Wildman–Crippen LogP) is 2.02. The van der Waals surface area contributed by atoms with Gasteiger partial charge in [-0.15, -0.1) is 0 Å². The normalized spacial score (nSPS) is 18.8. The highest BCUT2D eigenvalue weighted by Gasteiger charge is 2.32. The smallest absolute Gasteiger partial charge is 0.323 e. The molecule has 1 aliphatic rings. The number of para-hydroxylation sites is 1. The van der Waals surface area contributed by atoms with Gasteiger partial charge in [0, 0.05) is 4.47 Å². The van der Waals surface area contributed by atoms with E-state index >= 15 is 0 Å². The number of anilines is 1. The second-order valence-electron chi connectivity index (χ2n) is 4.68. The lowest BCUT2D eigenvalue weighted by molar-refractivity contribution is -0.146. The van der Waals surface area contributed by atoms with Crippen LogP contribution in [0.2, 0.25) is 0 Å². The van der Waals surface area contributed by atoms with Crippen molar-refractivity contribution in [3.05, 3.63) is 28.7 Å². The Balaban J connectivity index is 1.94. The Morgan fingerprint density at radius 3 is 2.90 bits per heavy atom. The second-order valence-corrected chi connectivity index (χ2v) is 5.53. The van der Waals surface area contributed by atoms with E-state index < -0.39 is 0 Å². The van der Waals surface area contributed by atoms with Gasteiger partial charge in [-0.25, -0.2) is 0 Å². The maximum Gasteiger partial charge on any atom is 0.323 e. The molecule has 0 saturated carbocycles. The van der Waals surface area contributed by atoms with E-state index in [9.17, 15) is 9.59 Å². The van der Waals surface area contributed by atoms with E-state index in [2.05, 4.69) is 21.2 Å². The van der Waals surface area contributed by atoms with Crippen molar-refractivity contribution in [1.82, 2.24) is 4.90 Å². The number of methoxy groups -OCH3 is 1. The summed E-state index contributed by atoms with van der Waals surface area (Å²) in [5, 5.41) is 2.83. The van der Waals surface area contributed by atoms with Gasteiger partial charge in [0.2, 0.25) is 5.91 Å². The zero-order valence-corrected chi connectivity index (χ0v) is 12.9. The SMILES string of the molecule is COC(=O)C1CCCN1CC(=O)Nc1ccccc1Br. The zero-order chi connectivity index (χ0) is 14.5. The largest absolute Gasteiger partial charge is 0.468 e. The van der Waals surface area contributed by atoms with Crippen molar-refractivity contribution in [2.75, 3.05) is 25.5 Å². The first-order chi connectivity index (χ1) is 9.61. The van der Waals surface area contributed by atoms with Gasteiger partial charge in [-0.3, -0.25) is 14.5 Å². The molecule has 0 aliphatic carbocycles. The minimum Gasteiger partial charge on any atom is -0.468 e. The van der Waals surface area contributed by atoms with Crippen molar-refractivity contribution < 1.29 is 14.3 Å². The molecule has 1 saturated heterocycles. The van der Waals surface area contributed by atoms with Crippen LogP contribution in [0.1, 0.15) is 12.8 Å². The number of nitrogens with zero attached hydrogens (tertiary/aromatic N) is 1.